The monoisotopic (exact) mass is 661 g/mol. The van der Waals surface area contributed by atoms with E-state index in [2.05, 4.69) is 15.3 Å². The molecule has 0 saturated heterocycles. The van der Waals surface area contributed by atoms with Crippen LogP contribution in [-0.2, 0) is 29.3 Å². The second-order valence-corrected chi connectivity index (χ2v) is 12.4. The van der Waals surface area contributed by atoms with Crippen molar-refractivity contribution in [1.29, 1.82) is 0 Å². The molecule has 0 saturated carbocycles. The van der Waals surface area contributed by atoms with Crippen LogP contribution < -0.4 is 39.6 Å². The Bertz CT molecular complexity index is 1790. The number of hydroxylamine groups is 1. The van der Waals surface area contributed by atoms with E-state index in [1.807, 2.05) is 0 Å². The second-order valence-electron chi connectivity index (χ2n) is 8.73. The third kappa shape index (κ3) is 7.38. The zero-order valence-electron chi connectivity index (χ0n) is 22.7. The van der Waals surface area contributed by atoms with E-state index in [0.717, 1.165) is 17.1 Å². The van der Waals surface area contributed by atoms with Crippen molar-refractivity contribution in [2.75, 3.05) is 16.6 Å². The van der Waals surface area contributed by atoms with Gasteiger partial charge < -0.3 is 4.55 Å². The topological polar surface area (TPSA) is 161 Å². The number of aryl methyl sites for hydroxylation is 1. The fraction of sp³-hybridized carbons (Fsp3) is 0.200. The maximum absolute atomic E-state index is 13.3. The summed E-state index contributed by atoms with van der Waals surface area (Å²) >= 11 is 12.1. The van der Waals surface area contributed by atoms with Gasteiger partial charge in [0.1, 0.15) is 20.7 Å². The van der Waals surface area contributed by atoms with Crippen LogP contribution in [0.15, 0.2) is 85.8 Å². The molecular formula is C25H22Cl2N5NaO7S2. The van der Waals surface area contributed by atoms with Crippen LogP contribution in [0.1, 0.15) is 19.4 Å². The minimum atomic E-state index is -4.92. The average molecular weight is 663 g/mol. The molecule has 3 aromatic rings. The zero-order valence-corrected chi connectivity index (χ0v) is 27.9. The molecule has 0 bridgehead atoms. The summed E-state index contributed by atoms with van der Waals surface area (Å²) in [7, 11) is -9.30. The number of anilines is 2. The predicted molar refractivity (Wildman–Crippen MR) is 152 cm³/mol. The summed E-state index contributed by atoms with van der Waals surface area (Å²) in [5.41, 5.74) is 1.16. The van der Waals surface area contributed by atoms with Crippen molar-refractivity contribution in [3.8, 4) is 0 Å². The molecule has 42 heavy (non-hydrogen) atoms. The van der Waals surface area contributed by atoms with E-state index in [4.69, 9.17) is 27.5 Å². The number of rotatable bonds is 9. The molecule has 3 aromatic carbocycles. The molecule has 12 nitrogen and oxygen atoms in total. The number of amides is 1. The molecule has 1 aliphatic heterocycles. The quantitative estimate of drug-likeness (QED) is 0.146. The number of nitrogens with zero attached hydrogens (tertiary/aromatic N) is 5. The van der Waals surface area contributed by atoms with E-state index in [1.54, 1.807) is 50.2 Å². The first-order valence-electron chi connectivity index (χ1n) is 11.9. The molecule has 0 spiro atoms. The molecule has 1 heterocycles. The Hall–Kier alpha value is -2.40. The minimum Gasteiger partial charge on any atom is -0.744 e. The number of carbonyl (C=O) groups is 1. The van der Waals surface area contributed by atoms with Gasteiger partial charge in [0.2, 0.25) is 0 Å². The summed E-state index contributed by atoms with van der Waals surface area (Å²) < 4.78 is 66.3. The normalized spacial score (nSPS) is 15.6. The van der Waals surface area contributed by atoms with Crippen LogP contribution in [0.3, 0.4) is 0 Å². The van der Waals surface area contributed by atoms with Crippen molar-refractivity contribution < 1.29 is 60.0 Å². The van der Waals surface area contributed by atoms with Crippen LogP contribution in [0.5, 0.6) is 0 Å². The van der Waals surface area contributed by atoms with E-state index in [0.29, 0.717) is 11.3 Å². The van der Waals surface area contributed by atoms with Crippen molar-refractivity contribution >= 4 is 72.1 Å². The Kier molecular flexibility index (Phi) is 11.0. The van der Waals surface area contributed by atoms with E-state index in [9.17, 15) is 26.2 Å². The molecule has 0 fully saturated rings. The Morgan fingerprint density at radius 3 is 2.29 bits per heavy atom. The molecule has 1 amide bonds. The van der Waals surface area contributed by atoms with Gasteiger partial charge in [-0.25, -0.2) is 13.5 Å². The molecular weight excluding hydrogens is 640 g/mol. The number of halogens is 2. The van der Waals surface area contributed by atoms with Gasteiger partial charge in [0.05, 0.1) is 32.0 Å². The van der Waals surface area contributed by atoms with E-state index >= 15 is 0 Å². The van der Waals surface area contributed by atoms with E-state index < -0.39 is 42.1 Å². The summed E-state index contributed by atoms with van der Waals surface area (Å²) in [4.78, 5) is 12.2. The van der Waals surface area contributed by atoms with Crippen LogP contribution in [0.4, 0.5) is 17.1 Å². The average Bonchev–Trinajstić information content (AvgIpc) is 3.20. The number of carbonyl (C=O) groups excluding carboxylic acids is 1. The fourth-order valence-electron chi connectivity index (χ4n) is 3.79. The molecule has 17 heteroatoms. The first kappa shape index (κ1) is 34.1. The third-order valence-electron chi connectivity index (χ3n) is 5.78. The van der Waals surface area contributed by atoms with Crippen LogP contribution in [0.25, 0.3) is 0 Å². The molecule has 4 rings (SSSR count). The molecule has 0 radical (unpaired) electrons. The van der Waals surface area contributed by atoms with Gasteiger partial charge in [-0.15, -0.1) is 4.28 Å². The largest absolute Gasteiger partial charge is 1.00 e. The molecule has 216 valence electrons. The van der Waals surface area contributed by atoms with Crippen LogP contribution in [0.2, 0.25) is 10.0 Å². The third-order valence-corrected chi connectivity index (χ3v) is 8.63. The number of hydrogen-bond acceptors (Lipinski definition) is 11. The smallest absolute Gasteiger partial charge is 0.744 e. The summed E-state index contributed by atoms with van der Waals surface area (Å²) in [6, 6.07) is 13.7. The Morgan fingerprint density at radius 2 is 1.67 bits per heavy atom. The van der Waals surface area contributed by atoms with Gasteiger partial charge in [0.25, 0.3) is 5.91 Å². The van der Waals surface area contributed by atoms with Gasteiger partial charge in [-0.05, 0) is 62.7 Å². The van der Waals surface area contributed by atoms with Gasteiger partial charge in [-0.2, -0.15) is 28.8 Å². The molecule has 1 atom stereocenters. The number of hydrazone groups is 1. The summed E-state index contributed by atoms with van der Waals surface area (Å²) in [5, 5.41) is 13.6. The van der Waals surface area contributed by atoms with Crippen molar-refractivity contribution in [3.05, 3.63) is 76.3 Å². The maximum atomic E-state index is 13.3. The van der Waals surface area contributed by atoms with Gasteiger partial charge in [0.15, 0.2) is 6.04 Å². The van der Waals surface area contributed by atoms with E-state index in [1.165, 1.54) is 24.1 Å². The first-order valence-corrected chi connectivity index (χ1v) is 15.4. The predicted octanol–water partition coefficient (Wildman–Crippen LogP) is 2.23. The summed E-state index contributed by atoms with van der Waals surface area (Å²) in [6.45, 7) is 5.14. The first-order chi connectivity index (χ1) is 19.2. The SMILES string of the molecule is CCN(OS(=O)(=O)c1cc(C)ccc1N=NC1C(=O)N(c2cc(Cl)c(S(=O)(=O)[O-])cc2Cl)N=C1C)c1ccccc1.[Na+]. The van der Waals surface area contributed by atoms with Crippen molar-refractivity contribution in [2.45, 2.75) is 36.6 Å². The van der Waals surface area contributed by atoms with E-state index in [-0.39, 0.29) is 63.1 Å². The van der Waals surface area contributed by atoms with Crippen LogP contribution >= 0.6 is 23.2 Å². The fourth-order valence-corrected chi connectivity index (χ4v) is 6.30. The molecule has 0 aromatic heterocycles. The Morgan fingerprint density at radius 1 is 1.00 bits per heavy atom. The van der Waals surface area contributed by atoms with Crippen molar-refractivity contribution in [2.24, 2.45) is 15.3 Å². The van der Waals surface area contributed by atoms with Crippen LogP contribution in [0, 0.1) is 6.92 Å². The summed E-state index contributed by atoms with van der Waals surface area (Å²) in [5.74, 6) is -0.726. The molecule has 1 unspecified atom stereocenters. The Labute approximate surface area is 275 Å². The van der Waals surface area contributed by atoms with Gasteiger partial charge in [0, 0.05) is 6.54 Å². The number of benzene rings is 3. The summed E-state index contributed by atoms with van der Waals surface area (Å²) in [6.07, 6.45) is 0. The van der Waals surface area contributed by atoms with Crippen molar-refractivity contribution in [1.82, 2.24) is 0 Å². The number of azo groups is 1. The number of para-hydroxylation sites is 1. The molecule has 0 N–H and O–H groups in total. The molecule has 0 aliphatic carbocycles. The maximum Gasteiger partial charge on any atom is 1.00 e. The van der Waals surface area contributed by atoms with Gasteiger partial charge in [-0.1, -0.05) is 47.5 Å². The zero-order chi connectivity index (χ0) is 30.1. The second kappa shape index (κ2) is 13.5. The van der Waals surface area contributed by atoms with Gasteiger partial charge >= 0.3 is 39.7 Å². The molecule has 1 aliphatic rings. The number of hydrogen-bond donors (Lipinski definition) is 0. The standard InChI is InChI=1S/C25H23Cl2N5O7S2.Na/c1-4-31(17-8-6-5-7-9-17)39-41(37,38)23-12-15(2)10-11-20(23)28-29-24-16(3)30-32(25(24)33)21-13-19(27)22(14-18(21)26)40(34,35)36;/h5-14,24H,4H2,1-3H3,(H,34,35,36);/q;+1/p-1. The van der Waals surface area contributed by atoms with Crippen LogP contribution in [-0.4, -0.2) is 45.6 Å². The minimum absolute atomic E-state index is 0. The van der Waals surface area contributed by atoms with Gasteiger partial charge in [-0.3, -0.25) is 4.79 Å². The van der Waals surface area contributed by atoms with Crippen molar-refractivity contribution in [3.63, 3.8) is 0 Å². The Balaban J connectivity index is 0.00000484.